The van der Waals surface area contributed by atoms with Crippen LogP contribution in [0.15, 0.2) is 16.6 Å². The van der Waals surface area contributed by atoms with Gasteiger partial charge in [0, 0.05) is 34.4 Å². The SMILES string of the molecule is ClC1CC(NCc2cc(Br)cc3c2OCC3)C1. The lowest BCUT2D eigenvalue weighted by Crippen LogP contribution is -2.41. The van der Waals surface area contributed by atoms with Crippen molar-refractivity contribution in [3.8, 4) is 5.75 Å². The Morgan fingerprint density at radius 3 is 3.00 bits per heavy atom. The maximum Gasteiger partial charge on any atom is 0.127 e. The standard InChI is InChI=1S/C13H15BrClNO/c14-10-3-8-1-2-17-13(8)9(4-10)7-16-12-5-11(15)6-12/h3-4,11-12,16H,1-2,5-7H2. The van der Waals surface area contributed by atoms with Gasteiger partial charge >= 0.3 is 0 Å². The summed E-state index contributed by atoms with van der Waals surface area (Å²) in [6, 6.07) is 4.88. The van der Waals surface area contributed by atoms with Crippen molar-refractivity contribution >= 4 is 27.5 Å². The van der Waals surface area contributed by atoms with Gasteiger partial charge < -0.3 is 10.1 Å². The predicted molar refractivity (Wildman–Crippen MR) is 72.8 cm³/mol. The summed E-state index contributed by atoms with van der Waals surface area (Å²) in [7, 11) is 0. The smallest absolute Gasteiger partial charge is 0.127 e. The molecule has 0 radical (unpaired) electrons. The van der Waals surface area contributed by atoms with Crippen molar-refractivity contribution in [1.29, 1.82) is 0 Å². The van der Waals surface area contributed by atoms with Gasteiger partial charge in [-0.05, 0) is 30.5 Å². The quantitative estimate of drug-likeness (QED) is 0.864. The molecule has 92 valence electrons. The molecule has 1 aromatic rings. The van der Waals surface area contributed by atoms with E-state index in [1.54, 1.807) is 0 Å². The largest absolute Gasteiger partial charge is 0.493 e. The van der Waals surface area contributed by atoms with Crippen LogP contribution < -0.4 is 10.1 Å². The Morgan fingerprint density at radius 2 is 2.24 bits per heavy atom. The number of hydrogen-bond acceptors (Lipinski definition) is 2. The van der Waals surface area contributed by atoms with E-state index in [1.165, 1.54) is 11.1 Å². The first-order valence-electron chi connectivity index (χ1n) is 6.04. The van der Waals surface area contributed by atoms with Crippen LogP contribution in [-0.4, -0.2) is 18.0 Å². The van der Waals surface area contributed by atoms with E-state index in [0.29, 0.717) is 11.4 Å². The molecule has 0 unspecified atom stereocenters. The number of nitrogens with one attached hydrogen (secondary N) is 1. The van der Waals surface area contributed by atoms with Crippen molar-refractivity contribution in [1.82, 2.24) is 5.32 Å². The minimum atomic E-state index is 0.372. The van der Waals surface area contributed by atoms with Crippen LogP contribution in [0, 0.1) is 0 Å². The van der Waals surface area contributed by atoms with Crippen LogP contribution >= 0.6 is 27.5 Å². The summed E-state index contributed by atoms with van der Waals surface area (Å²) >= 11 is 9.53. The Morgan fingerprint density at radius 1 is 1.41 bits per heavy atom. The van der Waals surface area contributed by atoms with Crippen molar-refractivity contribution in [2.75, 3.05) is 6.61 Å². The van der Waals surface area contributed by atoms with Crippen LogP contribution in [0.1, 0.15) is 24.0 Å². The Bertz CT molecular complexity index is 432. The zero-order valence-corrected chi connectivity index (χ0v) is 11.9. The normalized spacial score (nSPS) is 26.2. The topological polar surface area (TPSA) is 21.3 Å². The van der Waals surface area contributed by atoms with Gasteiger partial charge in [0.25, 0.3) is 0 Å². The Balaban J connectivity index is 1.70. The third-order valence-corrected chi connectivity index (χ3v) is 4.30. The van der Waals surface area contributed by atoms with E-state index >= 15 is 0 Å². The van der Waals surface area contributed by atoms with E-state index < -0.39 is 0 Å². The van der Waals surface area contributed by atoms with Gasteiger partial charge in [-0.25, -0.2) is 0 Å². The zero-order chi connectivity index (χ0) is 11.8. The van der Waals surface area contributed by atoms with Crippen molar-refractivity contribution in [3.63, 3.8) is 0 Å². The molecule has 1 saturated carbocycles. The molecule has 17 heavy (non-hydrogen) atoms. The molecule has 0 aromatic heterocycles. The first-order valence-corrected chi connectivity index (χ1v) is 7.27. The number of halogens is 2. The summed E-state index contributed by atoms with van der Waals surface area (Å²) < 4.78 is 6.84. The van der Waals surface area contributed by atoms with Gasteiger partial charge in [0.1, 0.15) is 5.75 Å². The molecule has 1 aliphatic carbocycles. The van der Waals surface area contributed by atoms with E-state index in [1.807, 2.05) is 0 Å². The second kappa shape index (κ2) is 4.79. The fourth-order valence-electron chi connectivity index (χ4n) is 2.45. The van der Waals surface area contributed by atoms with E-state index in [2.05, 4.69) is 33.4 Å². The molecule has 0 saturated heterocycles. The number of hydrogen-bond donors (Lipinski definition) is 1. The Labute approximate surface area is 115 Å². The summed E-state index contributed by atoms with van der Waals surface area (Å²) in [6.45, 7) is 1.68. The van der Waals surface area contributed by atoms with Crippen LogP contribution in [0.5, 0.6) is 5.75 Å². The molecule has 1 fully saturated rings. The molecule has 4 heteroatoms. The van der Waals surface area contributed by atoms with Crippen LogP contribution in [-0.2, 0) is 13.0 Å². The number of fused-ring (bicyclic) bond motifs is 1. The fourth-order valence-corrected chi connectivity index (χ4v) is 3.43. The average molecular weight is 317 g/mol. The summed E-state index contributed by atoms with van der Waals surface area (Å²) in [4.78, 5) is 0. The number of ether oxygens (including phenoxy) is 1. The van der Waals surface area contributed by atoms with Crippen LogP contribution in [0.4, 0.5) is 0 Å². The molecule has 0 bridgehead atoms. The predicted octanol–water partition coefficient (Wildman–Crippen LogP) is 3.24. The van der Waals surface area contributed by atoms with Gasteiger partial charge in [-0.15, -0.1) is 11.6 Å². The van der Waals surface area contributed by atoms with Gasteiger partial charge in [-0.3, -0.25) is 0 Å². The molecule has 1 aromatic carbocycles. The second-order valence-electron chi connectivity index (χ2n) is 4.80. The van der Waals surface area contributed by atoms with Crippen LogP contribution in [0.25, 0.3) is 0 Å². The molecule has 0 amide bonds. The molecule has 3 rings (SSSR count). The lowest BCUT2D eigenvalue weighted by molar-refractivity contribution is 0.333. The minimum Gasteiger partial charge on any atom is -0.493 e. The lowest BCUT2D eigenvalue weighted by atomic mass is 9.92. The van der Waals surface area contributed by atoms with Gasteiger partial charge in [0.15, 0.2) is 0 Å². The van der Waals surface area contributed by atoms with Crippen molar-refractivity contribution in [2.24, 2.45) is 0 Å². The average Bonchev–Trinajstić information content (AvgIpc) is 2.70. The summed E-state index contributed by atoms with van der Waals surface area (Å²) in [5.41, 5.74) is 2.57. The maximum atomic E-state index is 5.97. The molecule has 0 spiro atoms. The molecule has 1 N–H and O–H groups in total. The third kappa shape index (κ3) is 2.47. The van der Waals surface area contributed by atoms with Crippen LogP contribution in [0.2, 0.25) is 0 Å². The molecule has 0 atom stereocenters. The molecule has 1 heterocycles. The lowest BCUT2D eigenvalue weighted by Gasteiger charge is -2.31. The molecule has 2 nitrogen and oxygen atoms in total. The molecular formula is C13H15BrClNO. The van der Waals surface area contributed by atoms with E-state index in [9.17, 15) is 0 Å². The first-order chi connectivity index (χ1) is 8.22. The second-order valence-corrected chi connectivity index (χ2v) is 6.33. The molecular weight excluding hydrogens is 302 g/mol. The van der Waals surface area contributed by atoms with E-state index in [-0.39, 0.29) is 0 Å². The Hall–Kier alpha value is -0.250. The van der Waals surface area contributed by atoms with Crippen molar-refractivity contribution in [2.45, 2.75) is 37.2 Å². The third-order valence-electron chi connectivity index (χ3n) is 3.49. The maximum absolute atomic E-state index is 5.97. The Kier molecular flexibility index (Phi) is 3.33. The van der Waals surface area contributed by atoms with Crippen molar-refractivity contribution in [3.05, 3.63) is 27.7 Å². The van der Waals surface area contributed by atoms with Gasteiger partial charge in [-0.2, -0.15) is 0 Å². The van der Waals surface area contributed by atoms with Gasteiger partial charge in [0.05, 0.1) is 6.61 Å². The minimum absolute atomic E-state index is 0.372. The van der Waals surface area contributed by atoms with Crippen molar-refractivity contribution < 1.29 is 4.74 Å². The zero-order valence-electron chi connectivity index (χ0n) is 9.51. The van der Waals surface area contributed by atoms with Crippen LogP contribution in [0.3, 0.4) is 0 Å². The highest BCUT2D eigenvalue weighted by atomic mass is 79.9. The summed E-state index contributed by atoms with van der Waals surface area (Å²) in [5.74, 6) is 1.09. The van der Waals surface area contributed by atoms with E-state index in [4.69, 9.17) is 16.3 Å². The van der Waals surface area contributed by atoms with E-state index in [0.717, 1.165) is 42.6 Å². The highest BCUT2D eigenvalue weighted by Crippen LogP contribution is 2.33. The summed E-state index contributed by atoms with van der Waals surface area (Å²) in [5, 5.41) is 3.91. The number of rotatable bonds is 3. The first kappa shape index (κ1) is 11.8. The highest BCUT2D eigenvalue weighted by Gasteiger charge is 2.27. The molecule has 1 aliphatic heterocycles. The molecule has 2 aliphatic rings. The monoisotopic (exact) mass is 315 g/mol. The fraction of sp³-hybridized carbons (Fsp3) is 0.538. The number of alkyl halides is 1. The van der Waals surface area contributed by atoms with Gasteiger partial charge in [-0.1, -0.05) is 15.9 Å². The summed E-state index contributed by atoms with van der Waals surface area (Å²) in [6.07, 6.45) is 3.19. The number of benzene rings is 1. The highest BCUT2D eigenvalue weighted by molar-refractivity contribution is 9.10. The van der Waals surface area contributed by atoms with Gasteiger partial charge in [0.2, 0.25) is 0 Å².